The predicted octanol–water partition coefficient (Wildman–Crippen LogP) is 4.58. The molecule has 2 N–H and O–H groups in total. The number of hydrogen-bond donors (Lipinski definition) is 2. The van der Waals surface area contributed by atoms with E-state index < -0.39 is 5.75 Å². The molecule has 0 unspecified atom stereocenters. The minimum absolute atomic E-state index is 0.00320. The third kappa shape index (κ3) is 2.82. The lowest BCUT2D eigenvalue weighted by atomic mass is 10.1. The highest BCUT2D eigenvalue weighted by molar-refractivity contribution is 6.38. The van der Waals surface area contributed by atoms with Gasteiger partial charge in [0.2, 0.25) is 0 Å². The average molecular weight is 430 g/mol. The molecule has 146 valence electrons. The first kappa shape index (κ1) is 17.9. The van der Waals surface area contributed by atoms with Crippen LogP contribution < -0.4 is 9.47 Å². The minimum Gasteiger partial charge on any atom is -0.505 e. The molecule has 1 aliphatic heterocycles. The second-order valence-electron chi connectivity index (χ2n) is 6.36. The van der Waals surface area contributed by atoms with Gasteiger partial charge in [0.15, 0.2) is 28.7 Å². The van der Waals surface area contributed by atoms with Crippen LogP contribution in [0.25, 0.3) is 28.2 Å². The number of pyridine rings is 1. The standard InChI is InChI=1S/C20H13Cl2N3O4/c21-12-9-11(17(26)16(22)18(12)27)20-24-19-13(2-1-5-23-19)25(20)10-3-4-14-15(8-10)29-7-6-28-14/h1-5,8-9,26-27H,6-7H2. The quantitative estimate of drug-likeness (QED) is 0.484. The normalized spacial score (nSPS) is 13.0. The van der Waals surface area contributed by atoms with Crippen LogP contribution in [0.15, 0.2) is 42.6 Å². The van der Waals surface area contributed by atoms with Gasteiger partial charge in [0.1, 0.15) is 24.0 Å². The summed E-state index contributed by atoms with van der Waals surface area (Å²) in [6.45, 7) is 0.952. The lowest BCUT2D eigenvalue weighted by Crippen LogP contribution is -2.15. The Kier molecular flexibility index (Phi) is 4.15. The summed E-state index contributed by atoms with van der Waals surface area (Å²) < 4.78 is 13.1. The van der Waals surface area contributed by atoms with Gasteiger partial charge in [-0.15, -0.1) is 0 Å². The van der Waals surface area contributed by atoms with E-state index in [2.05, 4.69) is 9.97 Å². The topological polar surface area (TPSA) is 89.6 Å². The van der Waals surface area contributed by atoms with E-state index in [-0.39, 0.29) is 21.4 Å². The van der Waals surface area contributed by atoms with Gasteiger partial charge in [0.05, 0.1) is 21.8 Å². The van der Waals surface area contributed by atoms with Crippen LogP contribution in [0.2, 0.25) is 10.0 Å². The third-order valence-electron chi connectivity index (χ3n) is 4.62. The first-order valence-electron chi connectivity index (χ1n) is 8.68. The van der Waals surface area contributed by atoms with Crippen molar-refractivity contribution in [3.8, 4) is 40.1 Å². The number of halogens is 2. The van der Waals surface area contributed by atoms with Gasteiger partial charge in [-0.3, -0.25) is 4.57 Å². The molecule has 9 heteroatoms. The van der Waals surface area contributed by atoms with E-state index in [1.165, 1.54) is 6.07 Å². The third-order valence-corrected chi connectivity index (χ3v) is 5.27. The van der Waals surface area contributed by atoms with Crippen LogP contribution in [-0.4, -0.2) is 38.0 Å². The van der Waals surface area contributed by atoms with Crippen LogP contribution in [-0.2, 0) is 0 Å². The summed E-state index contributed by atoms with van der Waals surface area (Å²) in [5.41, 5.74) is 2.15. The Hall–Kier alpha value is -3.16. The van der Waals surface area contributed by atoms with E-state index in [4.69, 9.17) is 32.7 Å². The smallest absolute Gasteiger partial charge is 0.178 e. The maximum atomic E-state index is 10.6. The van der Waals surface area contributed by atoms with Crippen molar-refractivity contribution in [2.75, 3.05) is 13.2 Å². The molecular weight excluding hydrogens is 417 g/mol. The predicted molar refractivity (Wildman–Crippen MR) is 109 cm³/mol. The molecule has 0 radical (unpaired) electrons. The molecule has 2 aromatic carbocycles. The largest absolute Gasteiger partial charge is 0.505 e. The number of imidazole rings is 1. The van der Waals surface area contributed by atoms with Crippen LogP contribution in [0.1, 0.15) is 0 Å². The van der Waals surface area contributed by atoms with Crippen molar-refractivity contribution in [1.29, 1.82) is 0 Å². The summed E-state index contributed by atoms with van der Waals surface area (Å²) in [5.74, 6) is 0.896. The number of aromatic nitrogens is 3. The number of rotatable bonds is 2. The van der Waals surface area contributed by atoms with Crippen molar-refractivity contribution in [3.63, 3.8) is 0 Å². The van der Waals surface area contributed by atoms with Gasteiger partial charge >= 0.3 is 0 Å². The molecule has 0 saturated heterocycles. The number of fused-ring (bicyclic) bond motifs is 2. The van der Waals surface area contributed by atoms with Crippen LogP contribution in [0.5, 0.6) is 23.0 Å². The van der Waals surface area contributed by atoms with E-state index >= 15 is 0 Å². The molecule has 29 heavy (non-hydrogen) atoms. The van der Waals surface area contributed by atoms with Gasteiger partial charge in [-0.25, -0.2) is 9.97 Å². The lowest BCUT2D eigenvalue weighted by molar-refractivity contribution is 0.171. The molecule has 0 fully saturated rings. The van der Waals surface area contributed by atoms with Crippen LogP contribution in [0.4, 0.5) is 0 Å². The molecule has 0 spiro atoms. The highest BCUT2D eigenvalue weighted by atomic mass is 35.5. The van der Waals surface area contributed by atoms with Crippen LogP contribution in [0, 0.1) is 0 Å². The Morgan fingerprint density at radius 3 is 2.59 bits per heavy atom. The highest BCUT2D eigenvalue weighted by Crippen LogP contribution is 2.46. The number of ether oxygens (including phenoxy) is 2. The fraction of sp³-hybridized carbons (Fsp3) is 0.100. The van der Waals surface area contributed by atoms with Crippen molar-refractivity contribution in [3.05, 3.63) is 52.6 Å². The summed E-state index contributed by atoms with van der Waals surface area (Å²) >= 11 is 12.2. The molecule has 2 aromatic heterocycles. The molecule has 3 heterocycles. The van der Waals surface area contributed by atoms with Crippen LogP contribution >= 0.6 is 23.2 Å². The van der Waals surface area contributed by atoms with Gasteiger partial charge in [-0.2, -0.15) is 0 Å². The fourth-order valence-electron chi connectivity index (χ4n) is 3.30. The second-order valence-corrected chi connectivity index (χ2v) is 7.15. The first-order valence-corrected chi connectivity index (χ1v) is 9.44. The van der Waals surface area contributed by atoms with Crippen molar-refractivity contribution < 1.29 is 19.7 Å². The van der Waals surface area contributed by atoms with Crippen molar-refractivity contribution in [1.82, 2.24) is 14.5 Å². The molecule has 0 saturated carbocycles. The Bertz CT molecular complexity index is 1270. The van der Waals surface area contributed by atoms with Gasteiger partial charge in [-0.1, -0.05) is 23.2 Å². The fourth-order valence-corrected chi connectivity index (χ4v) is 3.75. The SMILES string of the molecule is Oc1c(Cl)cc(-c2nc3ncccc3n2-c2ccc3c(c2)OCCO3)c(O)c1Cl. The van der Waals surface area contributed by atoms with E-state index in [0.717, 1.165) is 5.69 Å². The Morgan fingerprint density at radius 1 is 0.966 bits per heavy atom. The van der Waals surface area contributed by atoms with Gasteiger partial charge in [0, 0.05) is 12.3 Å². The number of nitrogens with zero attached hydrogens (tertiary/aromatic N) is 3. The zero-order chi connectivity index (χ0) is 20.1. The maximum absolute atomic E-state index is 10.6. The van der Waals surface area contributed by atoms with Gasteiger partial charge < -0.3 is 19.7 Å². The van der Waals surface area contributed by atoms with Crippen molar-refractivity contribution in [2.24, 2.45) is 0 Å². The minimum atomic E-state index is -0.394. The first-order chi connectivity index (χ1) is 14.0. The molecule has 0 bridgehead atoms. The molecule has 0 aliphatic carbocycles. The Balaban J connectivity index is 1.81. The number of aromatic hydroxyl groups is 2. The van der Waals surface area contributed by atoms with E-state index in [0.29, 0.717) is 41.7 Å². The summed E-state index contributed by atoms with van der Waals surface area (Å²) in [4.78, 5) is 8.87. The number of phenols is 2. The molecule has 0 amide bonds. The Morgan fingerprint density at radius 2 is 1.76 bits per heavy atom. The van der Waals surface area contributed by atoms with Crippen LogP contribution in [0.3, 0.4) is 0 Å². The maximum Gasteiger partial charge on any atom is 0.178 e. The second kappa shape index (κ2) is 6.72. The summed E-state index contributed by atoms with van der Waals surface area (Å²) in [6, 6.07) is 10.5. The van der Waals surface area contributed by atoms with Crippen molar-refractivity contribution in [2.45, 2.75) is 0 Å². The van der Waals surface area contributed by atoms with Gasteiger partial charge in [0.25, 0.3) is 0 Å². The zero-order valence-corrected chi connectivity index (χ0v) is 16.3. The molecule has 0 atom stereocenters. The number of benzene rings is 2. The molecule has 7 nitrogen and oxygen atoms in total. The van der Waals surface area contributed by atoms with E-state index in [1.54, 1.807) is 16.8 Å². The summed E-state index contributed by atoms with van der Waals surface area (Å²) in [5, 5.41) is 20.2. The Labute approximate surface area is 174 Å². The summed E-state index contributed by atoms with van der Waals surface area (Å²) in [6.07, 6.45) is 1.63. The molecule has 1 aliphatic rings. The lowest BCUT2D eigenvalue weighted by Gasteiger charge is -2.20. The number of hydrogen-bond acceptors (Lipinski definition) is 6. The summed E-state index contributed by atoms with van der Waals surface area (Å²) in [7, 11) is 0. The average Bonchev–Trinajstić information content (AvgIpc) is 3.13. The number of phenolic OH excluding ortho intramolecular Hbond substituents is 2. The zero-order valence-electron chi connectivity index (χ0n) is 14.8. The van der Waals surface area contributed by atoms with Crippen molar-refractivity contribution >= 4 is 34.4 Å². The molecule has 5 rings (SSSR count). The molecular formula is C20H13Cl2N3O4. The van der Waals surface area contributed by atoms with E-state index in [1.807, 2.05) is 24.3 Å². The van der Waals surface area contributed by atoms with Gasteiger partial charge in [-0.05, 0) is 30.3 Å². The molecule has 4 aromatic rings. The monoisotopic (exact) mass is 429 g/mol. The highest BCUT2D eigenvalue weighted by Gasteiger charge is 2.23. The van der Waals surface area contributed by atoms with E-state index in [9.17, 15) is 10.2 Å².